The Kier molecular flexibility index (Phi) is 6.73. The first-order valence-corrected chi connectivity index (χ1v) is 11.0. The predicted octanol–water partition coefficient (Wildman–Crippen LogP) is 4.03. The second-order valence-corrected chi connectivity index (χ2v) is 7.90. The van der Waals surface area contributed by atoms with E-state index >= 15 is 0 Å². The van der Waals surface area contributed by atoms with Crippen molar-refractivity contribution >= 4 is 33.5 Å². The molecule has 8 nitrogen and oxygen atoms in total. The number of anilines is 1. The van der Waals surface area contributed by atoms with Crippen molar-refractivity contribution in [2.24, 2.45) is 0 Å². The molecule has 1 N–H and O–H groups in total. The Labute approximate surface area is 194 Å². The average Bonchev–Trinajstić information content (AvgIpc) is 3.27. The smallest absolute Gasteiger partial charge is 0.232 e. The van der Waals surface area contributed by atoms with Crippen molar-refractivity contribution in [3.8, 4) is 23.3 Å². The molecule has 0 bridgehead atoms. The Morgan fingerprint density at radius 2 is 2.00 bits per heavy atom. The van der Waals surface area contributed by atoms with Gasteiger partial charge in [0.15, 0.2) is 17.3 Å². The van der Waals surface area contributed by atoms with E-state index in [4.69, 9.17) is 9.47 Å². The quantitative estimate of drug-likeness (QED) is 0.515. The first-order valence-electron chi connectivity index (χ1n) is 10.2. The van der Waals surface area contributed by atoms with Crippen LogP contribution in [-0.4, -0.2) is 52.8 Å². The average molecular weight is 496 g/mol. The number of aromatic hydroxyl groups is 1. The lowest BCUT2D eigenvalue weighted by Gasteiger charge is -2.28. The van der Waals surface area contributed by atoms with Crippen molar-refractivity contribution in [2.75, 3.05) is 37.8 Å². The van der Waals surface area contributed by atoms with Crippen molar-refractivity contribution in [1.82, 2.24) is 14.8 Å². The number of nitrogens with zero attached hydrogens (tertiary/aromatic N) is 5. The van der Waals surface area contributed by atoms with Gasteiger partial charge in [-0.15, -0.1) is 10.2 Å². The summed E-state index contributed by atoms with van der Waals surface area (Å²) in [4.78, 5) is 2.10. The number of aromatic nitrogens is 3. The van der Waals surface area contributed by atoms with Crippen LogP contribution >= 0.6 is 15.9 Å². The van der Waals surface area contributed by atoms with Gasteiger partial charge in [-0.25, -0.2) is 0 Å². The molecule has 1 fully saturated rings. The number of para-hydroxylation sites is 1. The molecule has 4 rings (SSSR count). The number of allylic oxidation sites excluding steroid dienone is 1. The van der Waals surface area contributed by atoms with Gasteiger partial charge in [-0.05, 0) is 58.8 Å². The maximum absolute atomic E-state index is 10.2. The Bertz CT molecular complexity index is 1160. The summed E-state index contributed by atoms with van der Waals surface area (Å²) in [6.07, 6.45) is 1.71. The lowest BCUT2D eigenvalue weighted by molar-refractivity contribution is 0.122. The Balaban J connectivity index is 1.83. The molecule has 0 saturated carbocycles. The zero-order valence-corrected chi connectivity index (χ0v) is 19.1. The molecule has 1 saturated heterocycles. The van der Waals surface area contributed by atoms with Crippen LogP contribution < -0.4 is 9.64 Å². The second kappa shape index (κ2) is 9.85. The summed E-state index contributed by atoms with van der Waals surface area (Å²) in [5.41, 5.74) is 1.88. The Morgan fingerprint density at radius 3 is 2.69 bits per heavy atom. The minimum atomic E-state index is 0.0181. The van der Waals surface area contributed by atoms with Crippen LogP contribution in [0.4, 0.5) is 5.95 Å². The summed E-state index contributed by atoms with van der Waals surface area (Å²) >= 11 is 3.35. The van der Waals surface area contributed by atoms with Gasteiger partial charge < -0.3 is 19.5 Å². The number of halogens is 1. The van der Waals surface area contributed by atoms with Gasteiger partial charge in [0.25, 0.3) is 0 Å². The van der Waals surface area contributed by atoms with Crippen LogP contribution in [0.5, 0.6) is 11.5 Å². The first kappa shape index (κ1) is 21.9. The van der Waals surface area contributed by atoms with E-state index in [1.54, 1.807) is 18.2 Å². The molecule has 3 aromatic rings. The van der Waals surface area contributed by atoms with E-state index in [0.717, 1.165) is 5.69 Å². The molecular formula is C23H22BrN5O3. The number of rotatable bonds is 6. The highest BCUT2D eigenvalue weighted by Crippen LogP contribution is 2.36. The summed E-state index contributed by atoms with van der Waals surface area (Å²) in [5, 5.41) is 29.0. The van der Waals surface area contributed by atoms with Gasteiger partial charge in [0.1, 0.15) is 6.07 Å². The maximum Gasteiger partial charge on any atom is 0.232 e. The molecule has 164 valence electrons. The number of hydrogen-bond acceptors (Lipinski definition) is 7. The number of hydrogen-bond donors (Lipinski definition) is 1. The molecular weight excluding hydrogens is 474 g/mol. The van der Waals surface area contributed by atoms with E-state index in [1.165, 1.54) is 0 Å². The monoisotopic (exact) mass is 495 g/mol. The third-order valence-electron chi connectivity index (χ3n) is 4.98. The maximum atomic E-state index is 10.2. The summed E-state index contributed by atoms with van der Waals surface area (Å²) in [7, 11) is 0. The lowest BCUT2D eigenvalue weighted by atomic mass is 10.1. The van der Waals surface area contributed by atoms with Gasteiger partial charge in [0.2, 0.25) is 5.95 Å². The molecule has 0 aliphatic carbocycles. The van der Waals surface area contributed by atoms with Crippen molar-refractivity contribution < 1.29 is 14.6 Å². The van der Waals surface area contributed by atoms with E-state index in [0.29, 0.717) is 66.0 Å². The summed E-state index contributed by atoms with van der Waals surface area (Å²) < 4.78 is 13.4. The second-order valence-electron chi connectivity index (χ2n) is 7.05. The normalized spacial score (nSPS) is 14.3. The van der Waals surface area contributed by atoms with Crippen LogP contribution in [0.2, 0.25) is 0 Å². The van der Waals surface area contributed by atoms with Crippen LogP contribution in [0.15, 0.2) is 46.9 Å². The number of benzene rings is 2. The van der Waals surface area contributed by atoms with Crippen LogP contribution in [-0.2, 0) is 4.74 Å². The number of phenolic OH excluding ortho intramolecular Hbond substituents is 1. The standard InChI is InChI=1S/C23H22BrN5O3/c1-2-32-20-14-16(13-19(24)21(20)30)12-17(15-25)22-26-27-23(28-8-10-31-11-9-28)29(22)18-6-4-3-5-7-18/h3-7,12-14,30H,2,8-11H2,1H3/b17-12-. The van der Waals surface area contributed by atoms with E-state index < -0.39 is 0 Å². The van der Waals surface area contributed by atoms with Crippen molar-refractivity contribution in [3.05, 3.63) is 58.3 Å². The van der Waals surface area contributed by atoms with E-state index in [9.17, 15) is 10.4 Å². The zero-order chi connectivity index (χ0) is 22.5. The van der Waals surface area contributed by atoms with E-state index in [2.05, 4.69) is 37.1 Å². The molecule has 32 heavy (non-hydrogen) atoms. The van der Waals surface area contributed by atoms with Crippen molar-refractivity contribution in [2.45, 2.75) is 6.92 Å². The van der Waals surface area contributed by atoms with Crippen molar-refractivity contribution in [3.63, 3.8) is 0 Å². The zero-order valence-electron chi connectivity index (χ0n) is 17.5. The summed E-state index contributed by atoms with van der Waals surface area (Å²) in [5.74, 6) is 1.45. The Morgan fingerprint density at radius 1 is 1.25 bits per heavy atom. The summed E-state index contributed by atoms with van der Waals surface area (Å²) in [6, 6.07) is 15.4. The minimum absolute atomic E-state index is 0.0181. The van der Waals surface area contributed by atoms with Crippen LogP contribution in [0.1, 0.15) is 18.3 Å². The first-order chi connectivity index (χ1) is 15.6. The fourth-order valence-electron chi connectivity index (χ4n) is 3.49. The molecule has 1 aliphatic rings. The fourth-order valence-corrected chi connectivity index (χ4v) is 3.95. The van der Waals surface area contributed by atoms with E-state index in [1.807, 2.05) is 41.8 Å². The molecule has 2 aromatic carbocycles. The van der Waals surface area contributed by atoms with Gasteiger partial charge in [0.05, 0.1) is 35.6 Å². The molecule has 1 aromatic heterocycles. The molecule has 1 aliphatic heterocycles. The highest BCUT2D eigenvalue weighted by molar-refractivity contribution is 9.10. The molecule has 0 amide bonds. The topological polar surface area (TPSA) is 96.4 Å². The SMILES string of the molecule is CCOc1cc(/C=C(/C#N)c2nnc(N3CCOCC3)n2-c2ccccc2)cc(Br)c1O. The van der Waals surface area contributed by atoms with Gasteiger partial charge in [-0.1, -0.05) is 18.2 Å². The third kappa shape index (κ3) is 4.47. The third-order valence-corrected chi connectivity index (χ3v) is 5.58. The van der Waals surface area contributed by atoms with Gasteiger partial charge in [-0.3, -0.25) is 4.57 Å². The molecule has 0 atom stereocenters. The van der Waals surface area contributed by atoms with Gasteiger partial charge in [-0.2, -0.15) is 5.26 Å². The number of nitriles is 1. The van der Waals surface area contributed by atoms with Crippen LogP contribution in [0.25, 0.3) is 17.3 Å². The largest absolute Gasteiger partial charge is 0.503 e. The molecule has 2 heterocycles. The van der Waals surface area contributed by atoms with Gasteiger partial charge in [0, 0.05) is 13.1 Å². The van der Waals surface area contributed by atoms with E-state index in [-0.39, 0.29) is 5.75 Å². The predicted molar refractivity (Wildman–Crippen MR) is 125 cm³/mol. The number of morpholine rings is 1. The highest BCUT2D eigenvalue weighted by Gasteiger charge is 2.23. The fraction of sp³-hybridized carbons (Fsp3) is 0.261. The van der Waals surface area contributed by atoms with Gasteiger partial charge >= 0.3 is 0 Å². The molecule has 0 unspecified atom stereocenters. The highest BCUT2D eigenvalue weighted by atomic mass is 79.9. The Hall–Kier alpha value is -3.35. The van der Waals surface area contributed by atoms with Crippen molar-refractivity contribution in [1.29, 1.82) is 5.26 Å². The number of phenols is 1. The molecule has 0 spiro atoms. The summed E-state index contributed by atoms with van der Waals surface area (Å²) in [6.45, 7) is 4.85. The number of ether oxygens (including phenoxy) is 2. The minimum Gasteiger partial charge on any atom is -0.503 e. The molecule has 0 radical (unpaired) electrons. The van der Waals surface area contributed by atoms with Crippen LogP contribution in [0.3, 0.4) is 0 Å². The lowest BCUT2D eigenvalue weighted by Crippen LogP contribution is -2.38. The van der Waals surface area contributed by atoms with Crippen LogP contribution in [0, 0.1) is 11.3 Å². The molecule has 9 heteroatoms.